The number of nitrogens with two attached hydrogens (primary N) is 1. The van der Waals surface area contributed by atoms with Crippen LogP contribution in [0.15, 0.2) is 71.9 Å². The van der Waals surface area contributed by atoms with E-state index in [1.807, 2.05) is 55.8 Å². The van der Waals surface area contributed by atoms with Gasteiger partial charge in [0.2, 0.25) is 0 Å². The van der Waals surface area contributed by atoms with Crippen molar-refractivity contribution in [2.24, 2.45) is 17.8 Å². The molecular formula is C34H41N7O5. The zero-order valence-electron chi connectivity index (χ0n) is 26.6. The van der Waals surface area contributed by atoms with Crippen LogP contribution in [0.4, 0.5) is 11.5 Å². The molecule has 4 aromatic rings. The van der Waals surface area contributed by atoms with Crippen molar-refractivity contribution in [2.75, 3.05) is 30.1 Å². The lowest BCUT2D eigenvalue weighted by Gasteiger charge is -2.21. The number of amides is 1. The number of hydrogen-bond acceptors (Lipinski definition) is 9. The molecule has 0 unspecified atom stereocenters. The fourth-order valence-corrected chi connectivity index (χ4v) is 4.62. The predicted octanol–water partition coefficient (Wildman–Crippen LogP) is 4.97. The predicted molar refractivity (Wildman–Crippen MR) is 177 cm³/mol. The Hall–Kier alpha value is -5.26. The first kappa shape index (κ1) is 33.6. The SMILES string of the molecule is CCCCC(=O)OC/N=C(\N)c1ccc(NCc2nc3cc(C(=O)N(CCC(=O)OCCC)c4ccccn4)ccc3n2C)cc1. The van der Waals surface area contributed by atoms with E-state index in [2.05, 4.69) is 15.3 Å². The molecule has 2 aromatic heterocycles. The highest BCUT2D eigenvalue weighted by Crippen LogP contribution is 2.21. The Morgan fingerprint density at radius 1 is 0.957 bits per heavy atom. The van der Waals surface area contributed by atoms with Crippen molar-refractivity contribution in [3.05, 3.63) is 83.8 Å². The number of carbonyl (C=O) groups is 3. The number of unbranched alkanes of at least 4 members (excludes halogenated alkanes) is 1. The fourth-order valence-electron chi connectivity index (χ4n) is 4.62. The van der Waals surface area contributed by atoms with Crippen molar-refractivity contribution in [1.82, 2.24) is 14.5 Å². The van der Waals surface area contributed by atoms with Gasteiger partial charge in [0.1, 0.15) is 17.5 Å². The molecule has 0 spiro atoms. The number of esters is 2. The monoisotopic (exact) mass is 627 g/mol. The van der Waals surface area contributed by atoms with Crippen LogP contribution in [0.2, 0.25) is 0 Å². The molecule has 12 heteroatoms. The van der Waals surface area contributed by atoms with E-state index in [-0.39, 0.29) is 43.4 Å². The Morgan fingerprint density at radius 2 is 1.72 bits per heavy atom. The zero-order valence-corrected chi connectivity index (χ0v) is 26.6. The van der Waals surface area contributed by atoms with Crippen molar-refractivity contribution in [1.29, 1.82) is 0 Å². The molecule has 0 atom stereocenters. The second-order valence-corrected chi connectivity index (χ2v) is 10.6. The number of imidazole rings is 1. The number of pyridine rings is 1. The molecule has 0 saturated carbocycles. The average Bonchev–Trinajstić information content (AvgIpc) is 3.40. The van der Waals surface area contributed by atoms with Crippen molar-refractivity contribution >= 4 is 46.2 Å². The number of aliphatic imine (C=N–C) groups is 1. The van der Waals surface area contributed by atoms with Crippen LogP contribution in [-0.2, 0) is 32.7 Å². The molecule has 46 heavy (non-hydrogen) atoms. The van der Waals surface area contributed by atoms with Crippen LogP contribution in [0.5, 0.6) is 0 Å². The number of amidine groups is 1. The van der Waals surface area contributed by atoms with Gasteiger partial charge in [-0.1, -0.05) is 26.3 Å². The molecule has 2 aromatic carbocycles. The molecule has 0 aliphatic rings. The highest BCUT2D eigenvalue weighted by Gasteiger charge is 2.21. The van der Waals surface area contributed by atoms with Gasteiger partial charge in [-0.3, -0.25) is 19.3 Å². The Labute approximate surface area is 268 Å². The van der Waals surface area contributed by atoms with Gasteiger partial charge in [0, 0.05) is 43.0 Å². The maximum atomic E-state index is 13.7. The van der Waals surface area contributed by atoms with E-state index in [0.29, 0.717) is 42.0 Å². The summed E-state index contributed by atoms with van der Waals surface area (Å²) in [5.41, 5.74) is 9.61. The largest absolute Gasteiger partial charge is 0.466 e. The summed E-state index contributed by atoms with van der Waals surface area (Å²) in [6.45, 7) is 4.75. The van der Waals surface area contributed by atoms with Crippen LogP contribution >= 0.6 is 0 Å². The van der Waals surface area contributed by atoms with Crippen molar-refractivity contribution in [2.45, 2.75) is 52.5 Å². The molecule has 0 aliphatic carbocycles. The van der Waals surface area contributed by atoms with Gasteiger partial charge < -0.3 is 25.1 Å². The Bertz CT molecular complexity index is 1650. The van der Waals surface area contributed by atoms with Crippen LogP contribution in [-0.4, -0.2) is 58.1 Å². The summed E-state index contributed by atoms with van der Waals surface area (Å²) >= 11 is 0. The summed E-state index contributed by atoms with van der Waals surface area (Å²) in [7, 11) is 1.92. The second-order valence-electron chi connectivity index (χ2n) is 10.6. The number of nitrogens with zero attached hydrogens (tertiary/aromatic N) is 5. The number of nitrogens with one attached hydrogen (secondary N) is 1. The summed E-state index contributed by atoms with van der Waals surface area (Å²) in [5.74, 6) is 0.581. The van der Waals surface area contributed by atoms with Crippen LogP contribution in [0, 0.1) is 0 Å². The van der Waals surface area contributed by atoms with Crippen molar-refractivity contribution < 1.29 is 23.9 Å². The van der Waals surface area contributed by atoms with E-state index in [9.17, 15) is 14.4 Å². The van der Waals surface area contributed by atoms with Gasteiger partial charge in [-0.15, -0.1) is 0 Å². The number of benzene rings is 2. The van der Waals surface area contributed by atoms with E-state index in [0.717, 1.165) is 36.3 Å². The topological polar surface area (TPSA) is 154 Å². The summed E-state index contributed by atoms with van der Waals surface area (Å²) in [6.07, 6.45) is 4.47. The van der Waals surface area contributed by atoms with Gasteiger partial charge in [-0.2, -0.15) is 0 Å². The van der Waals surface area contributed by atoms with Crippen LogP contribution in [0.25, 0.3) is 11.0 Å². The van der Waals surface area contributed by atoms with E-state index in [1.165, 1.54) is 4.90 Å². The molecule has 0 bridgehead atoms. The van der Waals surface area contributed by atoms with Gasteiger partial charge in [0.15, 0.2) is 6.73 Å². The van der Waals surface area contributed by atoms with Gasteiger partial charge in [-0.25, -0.2) is 15.0 Å². The van der Waals surface area contributed by atoms with E-state index in [1.54, 1.807) is 36.5 Å². The molecule has 4 rings (SSSR count). The number of anilines is 2. The smallest absolute Gasteiger partial charge is 0.307 e. The fraction of sp³-hybridized carbons (Fsp3) is 0.353. The number of aromatic nitrogens is 3. The first-order valence-electron chi connectivity index (χ1n) is 15.4. The molecule has 0 aliphatic heterocycles. The molecule has 0 saturated heterocycles. The highest BCUT2D eigenvalue weighted by molar-refractivity contribution is 6.07. The minimum atomic E-state index is -0.361. The number of aryl methyl sites for hydroxylation is 1. The average molecular weight is 628 g/mol. The zero-order chi connectivity index (χ0) is 32.9. The number of hydrogen-bond donors (Lipinski definition) is 2. The second kappa shape index (κ2) is 16.7. The van der Waals surface area contributed by atoms with E-state index in [4.69, 9.17) is 20.2 Å². The summed E-state index contributed by atoms with van der Waals surface area (Å²) < 4.78 is 12.3. The summed E-state index contributed by atoms with van der Waals surface area (Å²) in [4.78, 5) is 52.3. The Balaban J connectivity index is 1.41. The number of rotatable bonds is 16. The van der Waals surface area contributed by atoms with Crippen LogP contribution in [0.1, 0.15) is 67.7 Å². The third-order valence-corrected chi connectivity index (χ3v) is 7.22. The number of fused-ring (bicyclic) bond motifs is 1. The van der Waals surface area contributed by atoms with Crippen LogP contribution in [0.3, 0.4) is 0 Å². The molecule has 12 nitrogen and oxygen atoms in total. The van der Waals surface area contributed by atoms with E-state index < -0.39 is 0 Å². The highest BCUT2D eigenvalue weighted by atomic mass is 16.5. The van der Waals surface area contributed by atoms with Gasteiger partial charge in [0.05, 0.1) is 30.6 Å². The number of carbonyl (C=O) groups excluding carboxylic acids is 3. The lowest BCUT2D eigenvalue weighted by molar-refractivity contribution is -0.144. The van der Waals surface area contributed by atoms with Crippen molar-refractivity contribution in [3.8, 4) is 0 Å². The van der Waals surface area contributed by atoms with E-state index >= 15 is 0 Å². The molecule has 3 N–H and O–H groups in total. The molecule has 0 fully saturated rings. The van der Waals surface area contributed by atoms with Crippen LogP contribution < -0.4 is 16.0 Å². The molecule has 0 radical (unpaired) electrons. The van der Waals surface area contributed by atoms with Gasteiger partial charge >= 0.3 is 11.9 Å². The minimum Gasteiger partial charge on any atom is -0.466 e. The van der Waals surface area contributed by atoms with Crippen molar-refractivity contribution in [3.63, 3.8) is 0 Å². The molecular weight excluding hydrogens is 586 g/mol. The lowest BCUT2D eigenvalue weighted by atomic mass is 10.1. The number of ether oxygens (including phenoxy) is 2. The molecule has 2 heterocycles. The minimum absolute atomic E-state index is 0.0544. The quantitative estimate of drug-likeness (QED) is 0.0996. The van der Waals surface area contributed by atoms with Gasteiger partial charge in [-0.05, 0) is 67.4 Å². The maximum absolute atomic E-state index is 13.7. The third-order valence-electron chi connectivity index (χ3n) is 7.22. The Kier molecular flexibility index (Phi) is 12.2. The lowest BCUT2D eigenvalue weighted by Crippen LogP contribution is -2.34. The molecule has 1 amide bonds. The standard InChI is InChI=1S/C34H41N7O5/c1-4-6-10-31(42)46-23-38-33(35)24-11-14-26(15-12-24)37-22-30-39-27-21-25(13-16-28(27)40(30)3)34(44)41(29-9-7-8-18-36-29)19-17-32(43)45-20-5-2/h7-9,11-16,18,21,37H,4-6,10,17,19-20,22-23H2,1-3H3,(H2,35,38). The maximum Gasteiger partial charge on any atom is 0.307 e. The third kappa shape index (κ3) is 9.13. The summed E-state index contributed by atoms with van der Waals surface area (Å²) in [5, 5.41) is 3.36. The Morgan fingerprint density at radius 3 is 2.43 bits per heavy atom. The first-order chi connectivity index (χ1) is 22.3. The normalized spacial score (nSPS) is 11.3. The van der Waals surface area contributed by atoms with Gasteiger partial charge in [0.25, 0.3) is 5.91 Å². The summed E-state index contributed by atoms with van der Waals surface area (Å²) in [6, 6.07) is 18.1. The molecule has 242 valence electrons. The first-order valence-corrected chi connectivity index (χ1v) is 15.4.